The van der Waals surface area contributed by atoms with Crippen LogP contribution in [0.3, 0.4) is 0 Å². The Morgan fingerprint density at radius 3 is 2.75 bits per heavy atom. The second-order valence-corrected chi connectivity index (χ2v) is 9.98. The van der Waals surface area contributed by atoms with Crippen molar-refractivity contribution in [3.05, 3.63) is 23.8 Å². The number of likely N-dealkylation sites (tertiary alicyclic amines) is 2. The van der Waals surface area contributed by atoms with Crippen LogP contribution in [0, 0.1) is 5.41 Å². The Morgan fingerprint density at radius 1 is 1.19 bits per heavy atom. The third-order valence-electron chi connectivity index (χ3n) is 6.89. The second kappa shape index (κ2) is 8.64. The predicted molar refractivity (Wildman–Crippen MR) is 119 cm³/mol. The molecule has 1 spiro atoms. The van der Waals surface area contributed by atoms with Gasteiger partial charge in [0.15, 0.2) is 0 Å². The van der Waals surface area contributed by atoms with Crippen LogP contribution in [0.5, 0.6) is 11.5 Å². The highest BCUT2D eigenvalue weighted by atomic mass is 16.5. The quantitative estimate of drug-likeness (QED) is 0.774. The van der Waals surface area contributed by atoms with E-state index in [9.17, 15) is 14.4 Å². The van der Waals surface area contributed by atoms with Gasteiger partial charge in [0.1, 0.15) is 17.1 Å². The van der Waals surface area contributed by atoms with Gasteiger partial charge in [0.25, 0.3) is 5.91 Å². The number of carbonyl (C=O) groups excluding carboxylic acids is 3. The fourth-order valence-corrected chi connectivity index (χ4v) is 4.93. The molecule has 2 saturated heterocycles. The van der Waals surface area contributed by atoms with E-state index in [0.717, 1.165) is 25.9 Å². The molecule has 1 N–H and O–H groups in total. The van der Waals surface area contributed by atoms with E-state index in [-0.39, 0.29) is 36.1 Å². The number of rotatable bonds is 3. The topological polar surface area (TPSA) is 88.2 Å². The van der Waals surface area contributed by atoms with Crippen LogP contribution in [0.1, 0.15) is 56.3 Å². The lowest BCUT2D eigenvalue weighted by molar-refractivity contribution is -0.142. The lowest BCUT2D eigenvalue weighted by atomic mass is 9.84. The van der Waals surface area contributed by atoms with Gasteiger partial charge in [-0.1, -0.05) is 13.8 Å². The summed E-state index contributed by atoms with van der Waals surface area (Å²) in [6.45, 7) is 6.67. The molecule has 3 aliphatic heterocycles. The fraction of sp³-hybridized carbons (Fsp3) is 0.625. The minimum atomic E-state index is -0.701. The van der Waals surface area contributed by atoms with Crippen LogP contribution in [-0.4, -0.2) is 73.0 Å². The monoisotopic (exact) mass is 443 g/mol. The summed E-state index contributed by atoms with van der Waals surface area (Å²) in [5.74, 6) is 0.834. The number of amides is 3. The summed E-state index contributed by atoms with van der Waals surface area (Å²) in [4.78, 5) is 41.9. The maximum Gasteiger partial charge on any atom is 0.255 e. The van der Waals surface area contributed by atoms with Gasteiger partial charge < -0.3 is 24.6 Å². The maximum atomic E-state index is 12.9. The average Bonchev–Trinajstić information content (AvgIpc) is 3.00. The van der Waals surface area contributed by atoms with Crippen LogP contribution >= 0.6 is 0 Å². The van der Waals surface area contributed by atoms with E-state index < -0.39 is 5.60 Å². The highest BCUT2D eigenvalue weighted by Crippen LogP contribution is 2.35. The molecule has 1 aromatic carbocycles. The molecule has 0 aliphatic carbocycles. The smallest absolute Gasteiger partial charge is 0.255 e. The molecule has 0 bridgehead atoms. The molecule has 8 heteroatoms. The van der Waals surface area contributed by atoms with Gasteiger partial charge in [0, 0.05) is 38.5 Å². The van der Waals surface area contributed by atoms with E-state index in [0.29, 0.717) is 43.0 Å². The number of methoxy groups -OCH3 is 1. The molecule has 4 rings (SSSR count). The standard InChI is InChI=1S/C24H33N3O5/c1-23(2)8-4-11-27(16-23)21(29)14-26-12-10-24(9-7-20(26)28)15-25-22(30)18-6-5-17(31-3)13-19(18)32-24/h5-6,13H,4,7-12,14-16H2,1-3H3,(H,25,30)/t24-/m1/s1. The molecule has 2 fully saturated rings. The molecule has 1 aromatic rings. The van der Waals surface area contributed by atoms with Crippen molar-refractivity contribution in [1.29, 1.82) is 0 Å². The molecule has 174 valence electrons. The predicted octanol–water partition coefficient (Wildman–Crippen LogP) is 2.22. The molecule has 0 unspecified atom stereocenters. The number of hydrogen-bond acceptors (Lipinski definition) is 5. The number of piperidine rings is 1. The molecule has 32 heavy (non-hydrogen) atoms. The van der Waals surface area contributed by atoms with E-state index in [2.05, 4.69) is 19.2 Å². The maximum absolute atomic E-state index is 12.9. The van der Waals surface area contributed by atoms with Crippen LogP contribution in [0.2, 0.25) is 0 Å². The van der Waals surface area contributed by atoms with Gasteiger partial charge in [0.05, 0.1) is 25.8 Å². The van der Waals surface area contributed by atoms with Gasteiger partial charge in [-0.3, -0.25) is 14.4 Å². The number of nitrogens with zero attached hydrogens (tertiary/aromatic N) is 2. The van der Waals surface area contributed by atoms with E-state index in [4.69, 9.17) is 9.47 Å². The Hall–Kier alpha value is -2.77. The zero-order valence-electron chi connectivity index (χ0n) is 19.2. The zero-order chi connectivity index (χ0) is 22.9. The summed E-state index contributed by atoms with van der Waals surface area (Å²) in [7, 11) is 1.57. The first-order valence-electron chi connectivity index (χ1n) is 11.4. The summed E-state index contributed by atoms with van der Waals surface area (Å²) in [6, 6.07) is 5.13. The van der Waals surface area contributed by atoms with Crippen molar-refractivity contribution in [2.24, 2.45) is 5.41 Å². The first kappa shape index (κ1) is 22.4. The van der Waals surface area contributed by atoms with E-state index >= 15 is 0 Å². The summed E-state index contributed by atoms with van der Waals surface area (Å²) in [5.41, 5.74) is -0.131. The Balaban J connectivity index is 1.47. The highest BCUT2D eigenvalue weighted by Gasteiger charge is 2.41. The van der Waals surface area contributed by atoms with Crippen molar-refractivity contribution < 1.29 is 23.9 Å². The van der Waals surface area contributed by atoms with Crippen LogP contribution < -0.4 is 14.8 Å². The Bertz CT molecular complexity index is 915. The average molecular weight is 444 g/mol. The van der Waals surface area contributed by atoms with E-state index in [1.54, 1.807) is 30.2 Å². The summed E-state index contributed by atoms with van der Waals surface area (Å²) < 4.78 is 11.7. The molecular formula is C24H33N3O5. The SMILES string of the molecule is COc1ccc2c(c1)O[C@@]1(CCC(=O)N(CC(=O)N3CCCC(C)(C)C3)CC1)CNC2=O. The van der Waals surface area contributed by atoms with Gasteiger partial charge in [0.2, 0.25) is 11.8 Å². The van der Waals surface area contributed by atoms with E-state index in [1.165, 1.54) is 0 Å². The Morgan fingerprint density at radius 2 is 2.00 bits per heavy atom. The number of carbonyl (C=O) groups is 3. The van der Waals surface area contributed by atoms with Crippen molar-refractivity contribution in [3.8, 4) is 11.5 Å². The van der Waals surface area contributed by atoms with Crippen LogP contribution in [-0.2, 0) is 9.59 Å². The molecule has 3 heterocycles. The zero-order valence-corrected chi connectivity index (χ0v) is 19.2. The fourth-order valence-electron chi connectivity index (χ4n) is 4.93. The van der Waals surface area contributed by atoms with Gasteiger partial charge >= 0.3 is 0 Å². The van der Waals surface area contributed by atoms with Crippen LogP contribution in [0.25, 0.3) is 0 Å². The first-order chi connectivity index (χ1) is 15.2. The summed E-state index contributed by atoms with van der Waals surface area (Å²) >= 11 is 0. The van der Waals surface area contributed by atoms with Crippen LogP contribution in [0.4, 0.5) is 0 Å². The Kier molecular flexibility index (Phi) is 6.05. The van der Waals surface area contributed by atoms with Crippen LogP contribution in [0.15, 0.2) is 18.2 Å². The summed E-state index contributed by atoms with van der Waals surface area (Å²) in [6.07, 6.45) is 3.38. The number of nitrogens with one attached hydrogen (secondary N) is 1. The first-order valence-corrected chi connectivity index (χ1v) is 11.4. The van der Waals surface area contributed by atoms with Gasteiger partial charge in [-0.25, -0.2) is 0 Å². The van der Waals surface area contributed by atoms with E-state index in [1.807, 2.05) is 4.90 Å². The Labute approximate surface area is 189 Å². The molecule has 0 saturated carbocycles. The van der Waals surface area contributed by atoms with Crippen molar-refractivity contribution in [2.45, 2.75) is 51.6 Å². The number of hydrogen-bond donors (Lipinski definition) is 1. The van der Waals surface area contributed by atoms with Crippen molar-refractivity contribution in [3.63, 3.8) is 0 Å². The third-order valence-corrected chi connectivity index (χ3v) is 6.89. The molecule has 8 nitrogen and oxygen atoms in total. The number of fused-ring (bicyclic) bond motifs is 1. The van der Waals surface area contributed by atoms with Crippen molar-refractivity contribution in [2.75, 3.05) is 39.8 Å². The third kappa shape index (κ3) is 4.69. The lowest BCUT2D eigenvalue weighted by Gasteiger charge is -2.39. The van der Waals surface area contributed by atoms with Gasteiger partial charge in [-0.15, -0.1) is 0 Å². The van der Waals surface area contributed by atoms with Gasteiger partial charge in [-0.05, 0) is 36.8 Å². The molecule has 0 radical (unpaired) electrons. The minimum absolute atomic E-state index is 0.00671. The molecular weight excluding hydrogens is 410 g/mol. The van der Waals surface area contributed by atoms with Crippen molar-refractivity contribution in [1.82, 2.24) is 15.1 Å². The van der Waals surface area contributed by atoms with Crippen molar-refractivity contribution >= 4 is 17.7 Å². The highest BCUT2D eigenvalue weighted by molar-refractivity contribution is 5.97. The normalized spacial score (nSPS) is 25.3. The number of benzene rings is 1. The largest absolute Gasteiger partial charge is 0.497 e. The van der Waals surface area contributed by atoms with Gasteiger partial charge in [-0.2, -0.15) is 0 Å². The number of ether oxygens (including phenoxy) is 2. The summed E-state index contributed by atoms with van der Waals surface area (Å²) in [5, 5.41) is 2.95. The lowest BCUT2D eigenvalue weighted by Crippen LogP contribution is -2.49. The molecule has 1 atom stereocenters. The molecule has 0 aromatic heterocycles. The molecule has 3 aliphatic rings. The second-order valence-electron chi connectivity index (χ2n) is 9.98. The molecule has 3 amide bonds. The minimum Gasteiger partial charge on any atom is -0.497 e.